The van der Waals surface area contributed by atoms with E-state index in [1.807, 2.05) is 42.5 Å². The van der Waals surface area contributed by atoms with E-state index in [1.54, 1.807) is 7.11 Å². The molecule has 0 saturated carbocycles. The molecule has 0 fully saturated rings. The van der Waals surface area contributed by atoms with Crippen molar-refractivity contribution in [2.45, 2.75) is 32.1 Å². The first-order valence-corrected chi connectivity index (χ1v) is 9.58. The Hall–Kier alpha value is -3.08. The van der Waals surface area contributed by atoms with Gasteiger partial charge in [0, 0.05) is 29.4 Å². The van der Waals surface area contributed by atoms with Crippen LogP contribution in [0.4, 0.5) is 0 Å². The number of nitrogens with one attached hydrogen (secondary N) is 2. The third-order valence-electron chi connectivity index (χ3n) is 5.02. The number of amides is 1. The molecule has 0 spiro atoms. The normalized spacial score (nSPS) is 11.9. The molecule has 0 bridgehead atoms. The second kappa shape index (κ2) is 9.22. The number of rotatable bonds is 8. The van der Waals surface area contributed by atoms with Gasteiger partial charge in [0.25, 0.3) is 5.56 Å². The number of benzene rings is 2. The van der Waals surface area contributed by atoms with E-state index in [0.29, 0.717) is 24.4 Å². The van der Waals surface area contributed by atoms with Crippen LogP contribution in [0.15, 0.2) is 59.4 Å². The highest BCUT2D eigenvalue weighted by Crippen LogP contribution is 2.19. The van der Waals surface area contributed by atoms with Gasteiger partial charge in [0.15, 0.2) is 0 Å². The predicted octanol–water partition coefficient (Wildman–Crippen LogP) is 3.78. The van der Waals surface area contributed by atoms with Gasteiger partial charge in [-0.1, -0.05) is 37.3 Å². The van der Waals surface area contributed by atoms with Gasteiger partial charge in [-0.25, -0.2) is 0 Å². The first-order valence-electron chi connectivity index (χ1n) is 9.58. The van der Waals surface area contributed by atoms with Crippen LogP contribution in [0.2, 0.25) is 0 Å². The second-order valence-electron chi connectivity index (χ2n) is 7.03. The molecule has 0 aliphatic carbocycles. The van der Waals surface area contributed by atoms with Crippen LogP contribution in [0.3, 0.4) is 0 Å². The summed E-state index contributed by atoms with van der Waals surface area (Å²) < 4.78 is 5.23. The summed E-state index contributed by atoms with van der Waals surface area (Å²) in [4.78, 5) is 27.3. The number of hydrogen-bond acceptors (Lipinski definition) is 3. The average Bonchev–Trinajstić information content (AvgIpc) is 2.72. The number of aryl methyl sites for hydroxylation is 1. The van der Waals surface area contributed by atoms with E-state index in [-0.39, 0.29) is 17.9 Å². The molecule has 2 aromatic carbocycles. The van der Waals surface area contributed by atoms with Crippen molar-refractivity contribution >= 4 is 16.8 Å². The Morgan fingerprint density at radius 3 is 2.68 bits per heavy atom. The molecule has 3 rings (SSSR count). The monoisotopic (exact) mass is 378 g/mol. The minimum Gasteiger partial charge on any atom is -0.497 e. The van der Waals surface area contributed by atoms with E-state index in [4.69, 9.17) is 4.74 Å². The lowest BCUT2D eigenvalue weighted by Crippen LogP contribution is -2.26. The molecule has 0 aliphatic heterocycles. The molecule has 1 aromatic heterocycles. The number of H-pyrrole nitrogens is 1. The topological polar surface area (TPSA) is 71.2 Å². The molecular weight excluding hydrogens is 352 g/mol. The minimum absolute atomic E-state index is 0.0367. The highest BCUT2D eigenvalue weighted by molar-refractivity contribution is 5.81. The summed E-state index contributed by atoms with van der Waals surface area (Å²) in [5, 5.41) is 3.85. The molecule has 1 amide bonds. The van der Waals surface area contributed by atoms with Gasteiger partial charge >= 0.3 is 0 Å². The van der Waals surface area contributed by atoms with Gasteiger partial charge in [-0.15, -0.1) is 0 Å². The summed E-state index contributed by atoms with van der Waals surface area (Å²) in [5.41, 5.74) is 2.49. The van der Waals surface area contributed by atoms with Crippen LogP contribution in [0.25, 0.3) is 10.9 Å². The zero-order valence-corrected chi connectivity index (χ0v) is 16.3. The summed E-state index contributed by atoms with van der Waals surface area (Å²) in [6, 6.07) is 17.6. The van der Waals surface area contributed by atoms with Crippen molar-refractivity contribution in [1.29, 1.82) is 0 Å². The number of methoxy groups -OCH3 is 1. The lowest BCUT2D eigenvalue weighted by molar-refractivity contribution is -0.121. The maximum absolute atomic E-state index is 12.2. The maximum atomic E-state index is 12.2. The zero-order valence-electron chi connectivity index (χ0n) is 16.3. The summed E-state index contributed by atoms with van der Waals surface area (Å²) in [6.45, 7) is 2.78. The fourth-order valence-electron chi connectivity index (χ4n) is 3.26. The Bertz CT molecular complexity index is 996. The lowest BCUT2D eigenvalue weighted by Gasteiger charge is -2.12. The van der Waals surface area contributed by atoms with Crippen molar-refractivity contribution in [3.05, 3.63) is 76.1 Å². The van der Waals surface area contributed by atoms with Gasteiger partial charge in [-0.2, -0.15) is 0 Å². The zero-order chi connectivity index (χ0) is 19.9. The molecule has 5 nitrogen and oxygen atoms in total. The Kier molecular flexibility index (Phi) is 6.48. The third-order valence-corrected chi connectivity index (χ3v) is 5.02. The van der Waals surface area contributed by atoms with Crippen LogP contribution < -0.4 is 15.6 Å². The smallest absolute Gasteiger partial charge is 0.251 e. The maximum Gasteiger partial charge on any atom is 0.251 e. The predicted molar refractivity (Wildman–Crippen MR) is 112 cm³/mol. The summed E-state index contributed by atoms with van der Waals surface area (Å²) in [7, 11) is 1.61. The van der Waals surface area contributed by atoms with Gasteiger partial charge in [0.05, 0.1) is 7.11 Å². The van der Waals surface area contributed by atoms with Crippen LogP contribution in [-0.4, -0.2) is 24.5 Å². The number of aromatic amines is 1. The number of aromatic nitrogens is 1. The molecule has 28 heavy (non-hydrogen) atoms. The quantitative estimate of drug-likeness (QED) is 0.627. The Labute approximate surface area is 164 Å². The van der Waals surface area contributed by atoms with E-state index in [0.717, 1.165) is 23.1 Å². The van der Waals surface area contributed by atoms with Gasteiger partial charge < -0.3 is 15.0 Å². The van der Waals surface area contributed by atoms with Crippen molar-refractivity contribution in [2.24, 2.45) is 0 Å². The number of pyridine rings is 1. The number of carbonyl (C=O) groups is 1. The van der Waals surface area contributed by atoms with Crippen molar-refractivity contribution in [2.75, 3.05) is 13.7 Å². The van der Waals surface area contributed by atoms with Crippen molar-refractivity contribution in [3.8, 4) is 5.75 Å². The van der Waals surface area contributed by atoms with Crippen molar-refractivity contribution in [3.63, 3.8) is 0 Å². The largest absolute Gasteiger partial charge is 0.497 e. The summed E-state index contributed by atoms with van der Waals surface area (Å²) in [6.07, 6.45) is 1.58. The third kappa shape index (κ3) is 5.00. The molecule has 0 aliphatic rings. The summed E-state index contributed by atoms with van der Waals surface area (Å²) >= 11 is 0. The average molecular weight is 378 g/mol. The van der Waals surface area contributed by atoms with E-state index in [1.165, 1.54) is 5.56 Å². The van der Waals surface area contributed by atoms with Gasteiger partial charge in [-0.3, -0.25) is 9.59 Å². The molecule has 2 N–H and O–H groups in total. The summed E-state index contributed by atoms with van der Waals surface area (Å²) in [5.74, 6) is 1.08. The molecule has 0 saturated heterocycles. The minimum atomic E-state index is -0.150. The van der Waals surface area contributed by atoms with E-state index in [9.17, 15) is 9.59 Å². The van der Waals surface area contributed by atoms with Crippen LogP contribution >= 0.6 is 0 Å². The number of carbonyl (C=O) groups excluding carboxylic acids is 1. The van der Waals surface area contributed by atoms with E-state index in [2.05, 4.69) is 29.4 Å². The van der Waals surface area contributed by atoms with Crippen LogP contribution in [0.1, 0.15) is 36.8 Å². The fourth-order valence-corrected chi connectivity index (χ4v) is 3.26. The first kappa shape index (κ1) is 19.7. The standard InChI is InChI=1S/C23H26N2O3/c1-16(17-6-4-3-5-7-17)12-13-24-22(26)11-8-18-14-19-15-20(28-2)9-10-21(19)25-23(18)27/h3-7,9-10,14-16H,8,11-13H2,1-2H3,(H,24,26)(H,25,27). The number of ether oxygens (including phenoxy) is 1. The number of fused-ring (bicyclic) bond motifs is 1. The van der Waals surface area contributed by atoms with Crippen LogP contribution in [0, 0.1) is 0 Å². The Morgan fingerprint density at radius 2 is 1.93 bits per heavy atom. The van der Waals surface area contributed by atoms with Crippen molar-refractivity contribution < 1.29 is 9.53 Å². The van der Waals surface area contributed by atoms with Crippen LogP contribution in [-0.2, 0) is 11.2 Å². The molecule has 146 valence electrons. The Balaban J connectivity index is 1.52. The first-order chi connectivity index (χ1) is 13.6. The lowest BCUT2D eigenvalue weighted by atomic mass is 9.98. The van der Waals surface area contributed by atoms with Gasteiger partial charge in [0.1, 0.15) is 5.75 Å². The molecule has 1 heterocycles. The Morgan fingerprint density at radius 1 is 1.14 bits per heavy atom. The highest BCUT2D eigenvalue weighted by Gasteiger charge is 2.09. The molecule has 5 heteroatoms. The SMILES string of the molecule is COc1ccc2[nH]c(=O)c(CCC(=O)NCCC(C)c3ccccc3)cc2c1. The molecule has 3 aromatic rings. The second-order valence-corrected chi connectivity index (χ2v) is 7.03. The van der Waals surface area contributed by atoms with Crippen LogP contribution in [0.5, 0.6) is 5.75 Å². The van der Waals surface area contributed by atoms with E-state index >= 15 is 0 Å². The van der Waals surface area contributed by atoms with Gasteiger partial charge in [0.2, 0.25) is 5.91 Å². The van der Waals surface area contributed by atoms with Gasteiger partial charge in [-0.05, 0) is 48.6 Å². The fraction of sp³-hybridized carbons (Fsp3) is 0.304. The number of hydrogen-bond donors (Lipinski definition) is 2. The van der Waals surface area contributed by atoms with E-state index < -0.39 is 0 Å². The molecule has 1 unspecified atom stereocenters. The highest BCUT2D eigenvalue weighted by atomic mass is 16.5. The molecular formula is C23H26N2O3. The van der Waals surface area contributed by atoms with Crippen molar-refractivity contribution in [1.82, 2.24) is 10.3 Å². The molecule has 0 radical (unpaired) electrons. The molecule has 1 atom stereocenters.